The summed E-state index contributed by atoms with van der Waals surface area (Å²) in [5, 5.41) is 81.3. The average Bonchev–Trinajstić information content (AvgIpc) is 1.48. The number of aliphatic hydroxyl groups excluding tert-OH is 4. The van der Waals surface area contributed by atoms with E-state index >= 15 is 0 Å². The minimum Gasteiger partial charge on any atom is -0.481 e. The number of ether oxygens (including phenoxy) is 10. The number of halogens is 8. The number of imide groups is 1. The Bertz CT molecular complexity index is 5450. The monoisotopic (exact) mass is 2050 g/mol. The number of likely N-dealkylation sites (N-methyl/N-ethyl adjacent to an activating group) is 3. The van der Waals surface area contributed by atoms with Gasteiger partial charge in [0.1, 0.15) is 51.8 Å². The number of aldehydes is 2. The summed E-state index contributed by atoms with van der Waals surface area (Å²) >= 11 is 9.53. The highest BCUT2D eigenvalue weighted by atomic mass is 35.5. The largest absolute Gasteiger partial charge is 0.509 e. The first kappa shape index (κ1) is 113. The molecule has 0 unspecified atom stereocenters. The number of amides is 4. The molecule has 4 aromatic carbocycles. The van der Waals surface area contributed by atoms with E-state index in [2.05, 4.69) is 42.0 Å². The molecule has 7 aliphatic heterocycles. The van der Waals surface area contributed by atoms with Crippen LogP contribution in [-0.4, -0.2) is 283 Å². The number of alkyl halides is 8. The predicted octanol–water partition coefficient (Wildman–Crippen LogP) is 7.92. The van der Waals surface area contributed by atoms with Crippen molar-refractivity contribution in [1.82, 2.24) is 30.4 Å². The van der Waals surface area contributed by atoms with E-state index in [1.54, 1.807) is 90.1 Å². The number of nitrogens with zero attached hydrogens (tertiary/aromatic N) is 4. The Morgan fingerprint density at radius 1 is 0.528 bits per heavy atom. The standard InChI is InChI=1S/C34H40N2O9.C24H30N2O7.C21H26N2O5.C12H17NO7.2C2HF3O.CH2Cl2.CH4/c1-32(2,3)45-31(40)44-28(20-8-6-5-7-9-20)30(39)35-16-13-25(38)42-23-12-14-34(41)24-18-21-10-11-22(19-37)27-26(21)33(34,29(23)43-27)15-17-36(24)4;1-13(28)22(30)25-9-6-18(29)32-16-5-7-24(31)17-11-14-3-4-15(12-27)20-19(14)23(24,21(16)33-20)8-10-26(17)2;1-23-9-7-20-17-12-2-3-13(11-24)18(17)28-19(20)14(27-16(25)5-8-22)4-6-21(20,26)15(23)10-12;1-7(18-11(17)19-12(2,3)4)10(16)20-13-8(14)5-6-9(13)15;2*3-2(4,5)1-6;2-1-3;/h5-12,24,28-29,37,41H,13-19H2,1-4H3,(H,35,39);3-5,13,17,21,27-28,31H,6-12H2,1-2H3,(H,25,30);2-4,15,19,24,26H,5-11,22H2,1H3;7H,5-6H2,1-4H3;2*1H;1H2;1H4/t24-,28+,29+,33+,34-;13-,17+,21-,23-,24+;15-,19+,20+,21-;7-;;;;/m1010..../s1. The van der Waals surface area contributed by atoms with Gasteiger partial charge in [-0.2, -0.15) is 26.3 Å². The van der Waals surface area contributed by atoms with E-state index < -0.39 is 166 Å². The molecule has 0 saturated carbocycles. The minimum atomic E-state index is -4.64. The maximum Gasteiger partial charge on any atom is 0.509 e. The first-order valence-electron chi connectivity index (χ1n) is 45.5. The lowest BCUT2D eigenvalue weighted by Crippen LogP contribution is -2.74. The molecule has 17 rings (SSSR count). The Labute approximate surface area is 824 Å². The molecule has 780 valence electrons. The lowest BCUT2D eigenvalue weighted by molar-refractivity contribution is -0.203. The van der Waals surface area contributed by atoms with Gasteiger partial charge in [-0.05, 0) is 170 Å². The summed E-state index contributed by atoms with van der Waals surface area (Å²) in [6.45, 7) is 14.6. The van der Waals surface area contributed by atoms with Crippen LogP contribution >= 0.6 is 23.2 Å². The van der Waals surface area contributed by atoms with Crippen molar-refractivity contribution in [2.45, 2.75) is 284 Å². The third kappa shape index (κ3) is 23.0. The van der Waals surface area contributed by atoms with Crippen LogP contribution < -0.4 is 30.6 Å². The molecular formula is C97H121Cl2F6N7O30. The van der Waals surface area contributed by atoms with Gasteiger partial charge in [0.25, 0.3) is 17.7 Å². The number of hydrogen-bond donors (Lipinski definition) is 10. The van der Waals surface area contributed by atoms with Crippen molar-refractivity contribution in [2.24, 2.45) is 5.73 Å². The Morgan fingerprint density at radius 2 is 0.852 bits per heavy atom. The number of esters is 3. The van der Waals surface area contributed by atoms with Crippen LogP contribution in [0.5, 0.6) is 17.2 Å². The van der Waals surface area contributed by atoms with Gasteiger partial charge in [0.2, 0.25) is 30.7 Å². The molecule has 15 atom stereocenters. The number of rotatable bonds is 21. The number of hydroxylamine groups is 2. The van der Waals surface area contributed by atoms with E-state index in [0.717, 1.165) is 59.4 Å². The molecule has 7 heterocycles. The maximum atomic E-state index is 13.1. The van der Waals surface area contributed by atoms with E-state index in [0.29, 0.717) is 107 Å². The Kier molecular flexibility index (Phi) is 35.9. The molecule has 4 amide bonds. The quantitative estimate of drug-likeness (QED) is 0.00945. The summed E-state index contributed by atoms with van der Waals surface area (Å²) in [7, 11) is 6.09. The minimum absolute atomic E-state index is 0. The van der Waals surface area contributed by atoms with Gasteiger partial charge in [0.15, 0.2) is 18.3 Å². The van der Waals surface area contributed by atoms with Gasteiger partial charge in [0, 0.05) is 109 Å². The highest BCUT2D eigenvalue weighted by Gasteiger charge is 2.75. The second kappa shape index (κ2) is 45.1. The zero-order valence-corrected chi connectivity index (χ0v) is 80.8. The molecule has 6 aliphatic carbocycles. The van der Waals surface area contributed by atoms with Crippen LogP contribution in [0.1, 0.15) is 195 Å². The molecule has 11 N–H and O–H groups in total. The molecule has 142 heavy (non-hydrogen) atoms. The summed E-state index contributed by atoms with van der Waals surface area (Å²) in [5.74, 6) is -1.96. The molecule has 37 nitrogen and oxygen atoms in total. The molecule has 13 aliphatic rings. The summed E-state index contributed by atoms with van der Waals surface area (Å²) < 4.78 is 119. The third-order valence-electron chi connectivity index (χ3n) is 27.0. The predicted molar refractivity (Wildman–Crippen MR) is 489 cm³/mol. The van der Waals surface area contributed by atoms with E-state index in [1.165, 1.54) is 13.8 Å². The van der Waals surface area contributed by atoms with Gasteiger partial charge < -0.3 is 119 Å². The van der Waals surface area contributed by atoms with E-state index in [1.807, 2.05) is 50.5 Å². The fraction of sp³-hybridized carbons (Fsp3) is 0.567. The molecular weight excluding hydrogens is 1930 g/mol. The number of aliphatic hydroxyl groups is 7. The van der Waals surface area contributed by atoms with Gasteiger partial charge in [-0.15, -0.1) is 28.3 Å². The van der Waals surface area contributed by atoms with E-state index in [-0.39, 0.29) is 109 Å². The number of likely N-dealkylation sites (tertiary alicyclic amines) is 3. The van der Waals surface area contributed by atoms with Crippen molar-refractivity contribution in [1.29, 1.82) is 0 Å². The van der Waals surface area contributed by atoms with Crippen LogP contribution in [0.15, 0.2) is 102 Å². The number of piperidine rings is 3. The Balaban J connectivity index is 0.000000190. The molecule has 4 saturated heterocycles. The Hall–Kier alpha value is -10.9. The molecule has 4 fully saturated rings. The second-order valence-corrected chi connectivity index (χ2v) is 38.7. The van der Waals surface area contributed by atoms with Crippen molar-refractivity contribution in [2.75, 3.05) is 65.8 Å². The fourth-order valence-electron chi connectivity index (χ4n) is 20.9. The zero-order chi connectivity index (χ0) is 104. The smallest absolute Gasteiger partial charge is 0.481 e. The van der Waals surface area contributed by atoms with E-state index in [4.69, 9.17) is 81.2 Å². The molecule has 3 spiro atoms. The van der Waals surface area contributed by atoms with Crippen LogP contribution in [0.4, 0.5) is 35.9 Å². The van der Waals surface area contributed by atoms with E-state index in [9.17, 15) is 110 Å². The summed E-state index contributed by atoms with van der Waals surface area (Å²) in [6.07, 6.45) is -8.96. The highest BCUT2D eigenvalue weighted by Crippen LogP contribution is 2.68. The van der Waals surface area contributed by atoms with Crippen molar-refractivity contribution < 1.29 is 172 Å². The number of benzene rings is 4. The molecule has 6 bridgehead atoms. The Morgan fingerprint density at radius 3 is 1.16 bits per heavy atom. The van der Waals surface area contributed by atoms with Crippen molar-refractivity contribution >= 4 is 95.6 Å². The van der Waals surface area contributed by atoms with Gasteiger partial charge in [-0.3, -0.25) is 43.2 Å². The van der Waals surface area contributed by atoms with Crippen LogP contribution in [0.3, 0.4) is 0 Å². The lowest BCUT2D eigenvalue weighted by atomic mass is 9.50. The average molecular weight is 2050 g/mol. The van der Waals surface area contributed by atoms with Crippen LogP contribution in [-0.2, 0) is 141 Å². The number of hydrogen-bond acceptors (Lipinski definition) is 34. The van der Waals surface area contributed by atoms with Crippen molar-refractivity contribution in [3.05, 3.63) is 158 Å². The van der Waals surface area contributed by atoms with Crippen LogP contribution in [0.2, 0.25) is 0 Å². The maximum absolute atomic E-state index is 13.1. The van der Waals surface area contributed by atoms with Crippen molar-refractivity contribution in [3.63, 3.8) is 0 Å². The zero-order valence-electron chi connectivity index (χ0n) is 79.3. The lowest BCUT2D eigenvalue weighted by Gasteiger charge is -2.61. The number of carbonyl (C=O) groups excluding carboxylic acids is 12. The molecule has 0 radical (unpaired) electrons. The molecule has 0 aromatic heterocycles. The van der Waals surface area contributed by atoms with Crippen LogP contribution in [0, 0.1) is 0 Å². The third-order valence-corrected chi connectivity index (χ3v) is 27.0. The number of carbonyl (C=O) groups is 12. The van der Waals surface area contributed by atoms with Gasteiger partial charge in [0.05, 0.1) is 77.5 Å². The van der Waals surface area contributed by atoms with Gasteiger partial charge >= 0.3 is 48.5 Å². The first-order valence-corrected chi connectivity index (χ1v) is 46.6. The SMILES string of the molecule is C.CN1CC[C@]23c4c5ccc(CO)c4O[C@H]2C(OC(=O)CCN)=CC[C@@]3(O)[C@H]1C5.CN1CC[C@]23c4c5ccc(CO)c4O[C@H]2C(OC(=O)CCNC(=O)[C@@H](OC(=O)OC(C)(C)C)c2ccccc2)=CC[C@@]3(O)[C@H]1C5.C[C@H](O)C(=O)NCCC(=O)OC1=CC[C@@]2(O)[C@H]3Cc4ccc(CO)c5c4[C@@]2(CCN3C)[C@H]1O5.C[C@H](OC(=O)OC(C)(C)C)C(=O)ON1C(=O)CCC1=O.ClCCl.O=CC(F)(F)F.O=CC(F)(F)F. The van der Waals surface area contributed by atoms with Gasteiger partial charge in [-0.1, -0.05) is 74.2 Å². The number of nitrogens with two attached hydrogens (primary N) is 1. The molecule has 45 heteroatoms. The number of nitrogens with one attached hydrogen (secondary N) is 2. The van der Waals surface area contributed by atoms with Gasteiger partial charge in [-0.25, -0.2) is 14.4 Å². The summed E-state index contributed by atoms with van der Waals surface area (Å²) in [5.41, 5.74) is 7.04. The first-order chi connectivity index (χ1) is 66.2. The van der Waals surface area contributed by atoms with Crippen molar-refractivity contribution in [3.8, 4) is 17.2 Å². The normalized spacial score (nSPS) is 26.4. The molecule has 4 aromatic rings. The van der Waals surface area contributed by atoms with Crippen LogP contribution in [0.25, 0.3) is 0 Å². The fourth-order valence-corrected chi connectivity index (χ4v) is 20.9. The summed E-state index contributed by atoms with van der Waals surface area (Å²) in [6, 6.07) is 19.9. The second-order valence-electron chi connectivity index (χ2n) is 37.9. The summed E-state index contributed by atoms with van der Waals surface area (Å²) in [4.78, 5) is 149. The topological polar surface area (TPSA) is 511 Å². The highest BCUT2D eigenvalue weighted by molar-refractivity contribution is 6.40.